The SMILES string of the molecule is O=C(NC1CCN(C(=O)c2ccccc2)CC1)c1cc(O)c(O)c(O)c1. The van der Waals surface area contributed by atoms with Gasteiger partial charge in [0.05, 0.1) is 0 Å². The number of likely N-dealkylation sites (tertiary alicyclic amines) is 1. The number of phenolic OH excluding ortho intramolecular Hbond substituents is 3. The fourth-order valence-electron chi connectivity index (χ4n) is 2.99. The Kier molecular flexibility index (Phi) is 4.97. The molecule has 7 nitrogen and oxygen atoms in total. The molecule has 3 rings (SSSR count). The highest BCUT2D eigenvalue weighted by molar-refractivity contribution is 5.96. The third kappa shape index (κ3) is 3.72. The number of hydrogen-bond donors (Lipinski definition) is 4. The summed E-state index contributed by atoms with van der Waals surface area (Å²) < 4.78 is 0. The number of benzene rings is 2. The summed E-state index contributed by atoms with van der Waals surface area (Å²) in [6.45, 7) is 1.06. The number of nitrogens with one attached hydrogen (secondary N) is 1. The van der Waals surface area contributed by atoms with E-state index in [9.17, 15) is 24.9 Å². The summed E-state index contributed by atoms with van der Waals surface area (Å²) in [5.74, 6) is -2.25. The first-order valence-electron chi connectivity index (χ1n) is 8.36. The molecule has 7 heteroatoms. The zero-order chi connectivity index (χ0) is 18.7. The maximum absolute atomic E-state index is 12.4. The van der Waals surface area contributed by atoms with Crippen molar-refractivity contribution in [3.63, 3.8) is 0 Å². The van der Waals surface area contributed by atoms with Gasteiger partial charge < -0.3 is 25.5 Å². The molecule has 2 aromatic rings. The van der Waals surface area contributed by atoms with E-state index in [1.54, 1.807) is 17.0 Å². The van der Waals surface area contributed by atoms with Gasteiger partial charge in [-0.25, -0.2) is 0 Å². The van der Waals surface area contributed by atoms with Crippen molar-refractivity contribution in [3.05, 3.63) is 53.6 Å². The lowest BCUT2D eigenvalue weighted by atomic mass is 10.0. The highest BCUT2D eigenvalue weighted by Crippen LogP contribution is 2.35. The van der Waals surface area contributed by atoms with Gasteiger partial charge in [0.2, 0.25) is 0 Å². The maximum atomic E-state index is 12.4. The van der Waals surface area contributed by atoms with E-state index < -0.39 is 23.2 Å². The molecular weight excluding hydrogens is 336 g/mol. The van der Waals surface area contributed by atoms with Crippen molar-refractivity contribution in [1.29, 1.82) is 0 Å². The molecule has 136 valence electrons. The molecule has 0 aromatic heterocycles. The van der Waals surface area contributed by atoms with Crippen LogP contribution >= 0.6 is 0 Å². The number of carbonyl (C=O) groups is 2. The summed E-state index contributed by atoms with van der Waals surface area (Å²) >= 11 is 0. The van der Waals surface area contributed by atoms with E-state index in [4.69, 9.17) is 0 Å². The van der Waals surface area contributed by atoms with Crippen molar-refractivity contribution in [2.45, 2.75) is 18.9 Å². The predicted molar refractivity (Wildman–Crippen MR) is 94.3 cm³/mol. The molecule has 2 amide bonds. The highest BCUT2D eigenvalue weighted by Gasteiger charge is 2.25. The van der Waals surface area contributed by atoms with Crippen LogP contribution in [0.2, 0.25) is 0 Å². The van der Waals surface area contributed by atoms with Crippen molar-refractivity contribution in [2.75, 3.05) is 13.1 Å². The number of rotatable bonds is 3. The number of nitrogens with zero attached hydrogens (tertiary/aromatic N) is 1. The van der Waals surface area contributed by atoms with Gasteiger partial charge in [0.15, 0.2) is 17.2 Å². The van der Waals surface area contributed by atoms with Gasteiger partial charge in [0.25, 0.3) is 11.8 Å². The maximum Gasteiger partial charge on any atom is 0.253 e. The van der Waals surface area contributed by atoms with Crippen molar-refractivity contribution in [3.8, 4) is 17.2 Å². The van der Waals surface area contributed by atoms with E-state index >= 15 is 0 Å². The number of carbonyl (C=O) groups excluding carboxylic acids is 2. The van der Waals surface area contributed by atoms with E-state index in [2.05, 4.69) is 5.32 Å². The van der Waals surface area contributed by atoms with Crippen LogP contribution in [0.4, 0.5) is 0 Å². The summed E-state index contributed by atoms with van der Waals surface area (Å²) in [6, 6.07) is 11.1. The molecule has 1 aliphatic heterocycles. The van der Waals surface area contributed by atoms with Gasteiger partial charge in [-0.3, -0.25) is 9.59 Å². The lowest BCUT2D eigenvalue weighted by Crippen LogP contribution is -2.46. The first-order valence-corrected chi connectivity index (χ1v) is 8.36. The molecule has 1 saturated heterocycles. The van der Waals surface area contributed by atoms with E-state index in [1.807, 2.05) is 18.2 Å². The van der Waals surface area contributed by atoms with Crippen molar-refractivity contribution in [2.24, 2.45) is 0 Å². The number of piperidine rings is 1. The smallest absolute Gasteiger partial charge is 0.253 e. The van der Waals surface area contributed by atoms with Crippen LogP contribution in [-0.4, -0.2) is 51.2 Å². The van der Waals surface area contributed by atoms with Crippen molar-refractivity contribution in [1.82, 2.24) is 10.2 Å². The fraction of sp³-hybridized carbons (Fsp3) is 0.263. The van der Waals surface area contributed by atoms with Crippen LogP contribution in [0.15, 0.2) is 42.5 Å². The first-order chi connectivity index (χ1) is 12.5. The minimum absolute atomic E-state index is 0.0243. The standard InChI is InChI=1S/C19H20N2O5/c22-15-10-13(11-16(23)17(15)24)18(25)20-14-6-8-21(9-7-14)19(26)12-4-2-1-3-5-12/h1-5,10-11,14,22-24H,6-9H2,(H,20,25). The summed E-state index contributed by atoms with van der Waals surface area (Å²) in [5, 5.41) is 31.2. The molecule has 4 N–H and O–H groups in total. The van der Waals surface area contributed by atoms with Crippen LogP contribution in [0.3, 0.4) is 0 Å². The van der Waals surface area contributed by atoms with E-state index in [-0.39, 0.29) is 17.5 Å². The molecule has 0 spiro atoms. The van der Waals surface area contributed by atoms with Crippen molar-refractivity contribution >= 4 is 11.8 Å². The Morgan fingerprint density at radius 3 is 2.08 bits per heavy atom. The Balaban J connectivity index is 1.57. The molecule has 0 unspecified atom stereocenters. The molecule has 0 aliphatic carbocycles. The number of hydrogen-bond acceptors (Lipinski definition) is 5. The van der Waals surface area contributed by atoms with Crippen LogP contribution in [0, 0.1) is 0 Å². The zero-order valence-electron chi connectivity index (χ0n) is 14.1. The van der Waals surface area contributed by atoms with Gasteiger partial charge in [-0.05, 0) is 37.1 Å². The largest absolute Gasteiger partial charge is 0.504 e. The lowest BCUT2D eigenvalue weighted by molar-refractivity contribution is 0.0698. The quantitative estimate of drug-likeness (QED) is 0.627. The van der Waals surface area contributed by atoms with Crippen LogP contribution in [0.1, 0.15) is 33.6 Å². The minimum Gasteiger partial charge on any atom is -0.504 e. The Morgan fingerprint density at radius 1 is 0.923 bits per heavy atom. The molecular formula is C19H20N2O5. The second-order valence-electron chi connectivity index (χ2n) is 6.27. The molecule has 2 aromatic carbocycles. The third-order valence-electron chi connectivity index (χ3n) is 4.47. The highest BCUT2D eigenvalue weighted by atomic mass is 16.3. The number of phenols is 3. The van der Waals surface area contributed by atoms with E-state index in [0.717, 1.165) is 12.1 Å². The van der Waals surface area contributed by atoms with Crippen LogP contribution in [-0.2, 0) is 0 Å². The second kappa shape index (κ2) is 7.35. The predicted octanol–water partition coefficient (Wildman–Crippen LogP) is 1.84. The third-order valence-corrected chi connectivity index (χ3v) is 4.47. The average Bonchev–Trinajstić information content (AvgIpc) is 2.66. The Bertz CT molecular complexity index is 791. The Labute approximate surface area is 150 Å². The normalized spacial score (nSPS) is 14.8. The summed E-state index contributed by atoms with van der Waals surface area (Å²) in [5.41, 5.74) is 0.700. The Hall–Kier alpha value is -3.22. The average molecular weight is 356 g/mol. The van der Waals surface area contributed by atoms with Gasteiger partial charge in [0, 0.05) is 30.3 Å². The van der Waals surface area contributed by atoms with Gasteiger partial charge in [0.1, 0.15) is 0 Å². The molecule has 0 radical (unpaired) electrons. The molecule has 0 saturated carbocycles. The van der Waals surface area contributed by atoms with Crippen LogP contribution < -0.4 is 5.32 Å². The van der Waals surface area contributed by atoms with Gasteiger partial charge in [-0.2, -0.15) is 0 Å². The van der Waals surface area contributed by atoms with Gasteiger partial charge in [-0.15, -0.1) is 0 Å². The topological polar surface area (TPSA) is 110 Å². The Morgan fingerprint density at radius 2 is 1.50 bits per heavy atom. The number of amides is 2. The van der Waals surface area contributed by atoms with Crippen molar-refractivity contribution < 1.29 is 24.9 Å². The first kappa shape index (κ1) is 17.6. The summed E-state index contributed by atoms with van der Waals surface area (Å²) in [6.07, 6.45) is 1.22. The second-order valence-corrected chi connectivity index (χ2v) is 6.27. The lowest BCUT2D eigenvalue weighted by Gasteiger charge is -2.32. The van der Waals surface area contributed by atoms with E-state index in [1.165, 1.54) is 0 Å². The zero-order valence-corrected chi connectivity index (χ0v) is 14.1. The molecule has 26 heavy (non-hydrogen) atoms. The van der Waals surface area contributed by atoms with Crippen LogP contribution in [0.5, 0.6) is 17.2 Å². The minimum atomic E-state index is -0.658. The summed E-state index contributed by atoms with van der Waals surface area (Å²) in [4.78, 5) is 26.4. The van der Waals surface area contributed by atoms with E-state index in [0.29, 0.717) is 31.5 Å². The molecule has 0 bridgehead atoms. The monoisotopic (exact) mass is 356 g/mol. The van der Waals surface area contributed by atoms with Gasteiger partial charge in [-0.1, -0.05) is 18.2 Å². The molecule has 1 aliphatic rings. The van der Waals surface area contributed by atoms with Gasteiger partial charge >= 0.3 is 0 Å². The molecule has 1 heterocycles. The molecule has 0 atom stereocenters. The molecule has 1 fully saturated rings. The summed E-state index contributed by atoms with van der Waals surface area (Å²) in [7, 11) is 0. The number of aromatic hydroxyl groups is 3. The fourth-order valence-corrected chi connectivity index (χ4v) is 2.99. The van der Waals surface area contributed by atoms with Crippen LogP contribution in [0.25, 0.3) is 0 Å².